The molecular formula is C21H24ClNO6. The lowest BCUT2D eigenvalue weighted by Gasteiger charge is -2.14. The lowest BCUT2D eigenvalue weighted by Crippen LogP contribution is -2.20. The van der Waals surface area contributed by atoms with E-state index in [0.29, 0.717) is 39.3 Å². The fraction of sp³-hybridized carbons (Fsp3) is 0.286. The van der Waals surface area contributed by atoms with E-state index in [4.69, 9.17) is 35.3 Å². The fourth-order valence-electron chi connectivity index (χ4n) is 2.68. The molecule has 0 unspecified atom stereocenters. The van der Waals surface area contributed by atoms with Crippen molar-refractivity contribution in [3.05, 3.63) is 46.5 Å². The van der Waals surface area contributed by atoms with Gasteiger partial charge in [-0.15, -0.1) is 0 Å². The molecule has 2 rings (SSSR count). The number of benzene rings is 2. The van der Waals surface area contributed by atoms with Gasteiger partial charge in [-0.2, -0.15) is 0 Å². The van der Waals surface area contributed by atoms with E-state index in [0.717, 1.165) is 5.56 Å². The minimum atomic E-state index is -0.284. The minimum absolute atomic E-state index is 0.249. The molecule has 0 saturated heterocycles. The molecule has 0 heterocycles. The van der Waals surface area contributed by atoms with Gasteiger partial charge in [-0.05, 0) is 29.8 Å². The summed E-state index contributed by atoms with van der Waals surface area (Å²) in [5.41, 5.74) is 1.45. The summed E-state index contributed by atoms with van der Waals surface area (Å²) < 4.78 is 26.4. The largest absolute Gasteiger partial charge is 0.496 e. The van der Waals surface area contributed by atoms with Crippen LogP contribution in [0.3, 0.4) is 0 Å². The van der Waals surface area contributed by atoms with Gasteiger partial charge in [0.05, 0.1) is 40.6 Å². The highest BCUT2D eigenvalue weighted by molar-refractivity contribution is 6.32. The smallest absolute Gasteiger partial charge is 0.244 e. The second kappa shape index (κ2) is 10.5. The SMILES string of the molecule is COc1cc(OC)c(OC)cc1CNC(=O)/C=C/c1cc(Cl)c(OC)c(OC)c1. The van der Waals surface area contributed by atoms with Crippen molar-refractivity contribution in [2.24, 2.45) is 0 Å². The Morgan fingerprint density at radius 2 is 1.48 bits per heavy atom. The maximum absolute atomic E-state index is 12.2. The monoisotopic (exact) mass is 421 g/mol. The van der Waals surface area contributed by atoms with Crippen LogP contribution in [-0.2, 0) is 11.3 Å². The third kappa shape index (κ3) is 5.48. The van der Waals surface area contributed by atoms with E-state index in [1.807, 2.05) is 0 Å². The first-order chi connectivity index (χ1) is 14.0. The maximum atomic E-state index is 12.2. The van der Waals surface area contributed by atoms with Crippen molar-refractivity contribution in [2.75, 3.05) is 35.5 Å². The van der Waals surface area contributed by atoms with E-state index in [9.17, 15) is 4.79 Å². The van der Waals surface area contributed by atoms with Crippen molar-refractivity contribution in [1.82, 2.24) is 5.32 Å². The average molecular weight is 422 g/mol. The topological polar surface area (TPSA) is 75.2 Å². The van der Waals surface area contributed by atoms with Gasteiger partial charge < -0.3 is 29.0 Å². The van der Waals surface area contributed by atoms with E-state index >= 15 is 0 Å². The van der Waals surface area contributed by atoms with Gasteiger partial charge in [0.1, 0.15) is 5.75 Å². The molecular weight excluding hydrogens is 398 g/mol. The predicted octanol–water partition coefficient (Wildman–Crippen LogP) is 3.71. The molecule has 29 heavy (non-hydrogen) atoms. The Kier molecular flexibility index (Phi) is 8.03. The van der Waals surface area contributed by atoms with Crippen LogP contribution in [0.15, 0.2) is 30.3 Å². The van der Waals surface area contributed by atoms with Crippen LogP contribution in [-0.4, -0.2) is 41.5 Å². The number of carbonyl (C=O) groups excluding carboxylic acids is 1. The number of amides is 1. The van der Waals surface area contributed by atoms with Crippen LogP contribution in [0.4, 0.5) is 0 Å². The van der Waals surface area contributed by atoms with E-state index in [1.165, 1.54) is 20.3 Å². The van der Waals surface area contributed by atoms with Crippen molar-refractivity contribution in [2.45, 2.75) is 6.54 Å². The summed E-state index contributed by atoms with van der Waals surface area (Å²) in [5.74, 6) is 2.32. The third-order valence-electron chi connectivity index (χ3n) is 4.12. The van der Waals surface area contributed by atoms with E-state index in [1.54, 1.807) is 51.7 Å². The Morgan fingerprint density at radius 1 is 0.862 bits per heavy atom. The molecule has 0 aromatic heterocycles. The lowest BCUT2D eigenvalue weighted by molar-refractivity contribution is -0.116. The number of carbonyl (C=O) groups is 1. The van der Waals surface area contributed by atoms with Gasteiger partial charge in [-0.1, -0.05) is 11.6 Å². The number of hydrogen-bond donors (Lipinski definition) is 1. The molecule has 2 aromatic carbocycles. The number of methoxy groups -OCH3 is 5. The summed E-state index contributed by atoms with van der Waals surface area (Å²) >= 11 is 6.18. The summed E-state index contributed by atoms with van der Waals surface area (Å²) in [4.78, 5) is 12.2. The highest BCUT2D eigenvalue weighted by Crippen LogP contribution is 2.36. The van der Waals surface area contributed by atoms with Crippen molar-refractivity contribution < 1.29 is 28.5 Å². The maximum Gasteiger partial charge on any atom is 0.244 e. The van der Waals surface area contributed by atoms with Gasteiger partial charge >= 0.3 is 0 Å². The first-order valence-electron chi connectivity index (χ1n) is 8.63. The Balaban J connectivity index is 2.11. The zero-order chi connectivity index (χ0) is 21.4. The van der Waals surface area contributed by atoms with Crippen LogP contribution < -0.4 is 29.0 Å². The van der Waals surface area contributed by atoms with E-state index in [-0.39, 0.29) is 12.5 Å². The molecule has 0 atom stereocenters. The number of hydrogen-bond acceptors (Lipinski definition) is 6. The highest BCUT2D eigenvalue weighted by Gasteiger charge is 2.13. The standard InChI is InChI=1S/C21H24ClNO6/c1-25-16-11-18(27-3)17(26-2)10-14(16)12-23-20(24)7-6-13-8-15(22)21(29-5)19(9-13)28-4/h6-11H,12H2,1-5H3,(H,23,24)/b7-6+. The summed E-state index contributed by atoms with van der Waals surface area (Å²) in [6.07, 6.45) is 3.04. The minimum Gasteiger partial charge on any atom is -0.496 e. The molecule has 0 bridgehead atoms. The summed E-state index contributed by atoms with van der Waals surface area (Å²) in [7, 11) is 7.67. The molecule has 8 heteroatoms. The molecule has 2 aromatic rings. The second-order valence-corrected chi connectivity index (χ2v) is 6.22. The average Bonchev–Trinajstić information content (AvgIpc) is 2.74. The predicted molar refractivity (Wildman–Crippen MR) is 112 cm³/mol. The quantitative estimate of drug-likeness (QED) is 0.622. The van der Waals surface area contributed by atoms with Gasteiger partial charge in [0.25, 0.3) is 0 Å². The van der Waals surface area contributed by atoms with Crippen molar-refractivity contribution >= 4 is 23.6 Å². The summed E-state index contributed by atoms with van der Waals surface area (Å²) in [6, 6.07) is 6.88. The van der Waals surface area contributed by atoms with Gasteiger partial charge in [-0.3, -0.25) is 4.79 Å². The van der Waals surface area contributed by atoms with E-state index in [2.05, 4.69) is 5.32 Å². The first-order valence-corrected chi connectivity index (χ1v) is 9.01. The van der Waals surface area contributed by atoms with Gasteiger partial charge in [0, 0.05) is 24.3 Å². The first kappa shape index (κ1) is 22.2. The molecule has 0 spiro atoms. The number of ether oxygens (including phenoxy) is 5. The third-order valence-corrected chi connectivity index (χ3v) is 4.40. The number of halogens is 1. The van der Waals surface area contributed by atoms with Gasteiger partial charge in [0.15, 0.2) is 23.0 Å². The summed E-state index contributed by atoms with van der Waals surface area (Å²) in [5, 5.41) is 3.20. The Hall–Kier alpha value is -3.06. The Labute approximate surface area is 175 Å². The normalized spacial score (nSPS) is 10.6. The second-order valence-electron chi connectivity index (χ2n) is 5.81. The van der Waals surface area contributed by atoms with Crippen LogP contribution in [0, 0.1) is 0 Å². The fourth-order valence-corrected chi connectivity index (χ4v) is 2.97. The molecule has 1 N–H and O–H groups in total. The Morgan fingerprint density at radius 3 is 2.07 bits per heavy atom. The zero-order valence-corrected chi connectivity index (χ0v) is 17.8. The lowest BCUT2D eigenvalue weighted by atomic mass is 10.1. The van der Waals surface area contributed by atoms with Crippen LogP contribution in [0.25, 0.3) is 6.08 Å². The molecule has 7 nitrogen and oxygen atoms in total. The van der Waals surface area contributed by atoms with Crippen LogP contribution in [0.1, 0.15) is 11.1 Å². The molecule has 0 fully saturated rings. The van der Waals surface area contributed by atoms with Crippen LogP contribution in [0.2, 0.25) is 5.02 Å². The Bertz CT molecular complexity index is 897. The molecule has 1 amide bonds. The van der Waals surface area contributed by atoms with Crippen molar-refractivity contribution in [1.29, 1.82) is 0 Å². The molecule has 0 aliphatic carbocycles. The molecule has 0 saturated carbocycles. The zero-order valence-electron chi connectivity index (χ0n) is 17.0. The van der Waals surface area contributed by atoms with Crippen LogP contribution >= 0.6 is 11.6 Å². The number of nitrogens with one attached hydrogen (secondary N) is 1. The molecule has 0 aliphatic heterocycles. The van der Waals surface area contributed by atoms with Crippen molar-refractivity contribution in [3.63, 3.8) is 0 Å². The van der Waals surface area contributed by atoms with Gasteiger partial charge in [-0.25, -0.2) is 0 Å². The number of rotatable bonds is 9. The summed E-state index contributed by atoms with van der Waals surface area (Å²) in [6.45, 7) is 0.249. The van der Waals surface area contributed by atoms with Gasteiger partial charge in [0.2, 0.25) is 5.91 Å². The van der Waals surface area contributed by atoms with E-state index < -0.39 is 0 Å². The molecule has 156 valence electrons. The van der Waals surface area contributed by atoms with Crippen LogP contribution in [0.5, 0.6) is 28.7 Å². The molecule has 0 radical (unpaired) electrons. The van der Waals surface area contributed by atoms with Crippen molar-refractivity contribution in [3.8, 4) is 28.7 Å². The molecule has 0 aliphatic rings. The highest BCUT2D eigenvalue weighted by atomic mass is 35.5.